The number of hydrogen-bond acceptors (Lipinski definition) is 4. The molecule has 0 fully saturated rings. The van der Waals surface area contributed by atoms with Crippen LogP contribution in [-0.2, 0) is 13.1 Å². The molecule has 0 spiro atoms. The highest BCUT2D eigenvalue weighted by atomic mass is 16.5. The summed E-state index contributed by atoms with van der Waals surface area (Å²) in [6.45, 7) is 3.53. The topological polar surface area (TPSA) is 47.8 Å². The zero-order valence-corrected chi connectivity index (χ0v) is 13.7. The Labute approximate surface area is 135 Å². The first-order valence-corrected chi connectivity index (χ1v) is 7.56. The van der Waals surface area contributed by atoms with Crippen LogP contribution in [0.2, 0.25) is 0 Å². The maximum Gasteiger partial charge on any atom is 0.161 e. The monoisotopic (exact) mass is 311 g/mol. The van der Waals surface area contributed by atoms with Crippen LogP contribution in [0.5, 0.6) is 11.5 Å². The number of ether oxygens (including phenoxy) is 2. The van der Waals surface area contributed by atoms with E-state index in [1.54, 1.807) is 14.2 Å². The maximum atomic E-state index is 5.33. The van der Waals surface area contributed by atoms with Gasteiger partial charge in [-0.3, -0.25) is 0 Å². The number of aryl methyl sites for hydroxylation is 1. The second-order valence-electron chi connectivity index (χ2n) is 5.45. The predicted molar refractivity (Wildman–Crippen MR) is 90.0 cm³/mol. The van der Waals surface area contributed by atoms with Crippen molar-refractivity contribution < 1.29 is 9.47 Å². The van der Waals surface area contributed by atoms with Crippen LogP contribution < -0.4 is 14.8 Å². The minimum absolute atomic E-state index is 0.718. The Balaban J connectivity index is 1.65. The van der Waals surface area contributed by atoms with E-state index >= 15 is 0 Å². The molecule has 0 amide bonds. The molecule has 120 valence electrons. The van der Waals surface area contributed by atoms with Gasteiger partial charge < -0.3 is 19.2 Å². The van der Waals surface area contributed by atoms with Gasteiger partial charge in [-0.25, -0.2) is 4.98 Å². The van der Waals surface area contributed by atoms with Crippen molar-refractivity contribution in [1.29, 1.82) is 0 Å². The van der Waals surface area contributed by atoms with Gasteiger partial charge in [0.15, 0.2) is 11.5 Å². The summed E-state index contributed by atoms with van der Waals surface area (Å²) in [5.41, 5.74) is 4.36. The van der Waals surface area contributed by atoms with Gasteiger partial charge in [0, 0.05) is 25.5 Å². The van der Waals surface area contributed by atoms with Crippen molar-refractivity contribution in [1.82, 2.24) is 14.7 Å². The fourth-order valence-electron chi connectivity index (χ4n) is 2.62. The Kier molecular flexibility index (Phi) is 4.48. The average Bonchev–Trinajstić information content (AvgIpc) is 2.99. The van der Waals surface area contributed by atoms with Gasteiger partial charge in [-0.2, -0.15) is 0 Å². The SMILES string of the molecule is COc1ccc(CNCc2cn3cccc(C)c3n2)cc1OC. The van der Waals surface area contributed by atoms with Gasteiger partial charge in [0.1, 0.15) is 5.65 Å². The molecule has 0 bridgehead atoms. The van der Waals surface area contributed by atoms with E-state index in [2.05, 4.69) is 33.9 Å². The first kappa shape index (κ1) is 15.4. The zero-order chi connectivity index (χ0) is 16.2. The molecule has 2 aromatic heterocycles. The van der Waals surface area contributed by atoms with Crippen LogP contribution in [0.4, 0.5) is 0 Å². The normalized spacial score (nSPS) is 10.9. The summed E-state index contributed by atoms with van der Waals surface area (Å²) in [5.74, 6) is 1.49. The van der Waals surface area contributed by atoms with Crippen LogP contribution in [0, 0.1) is 6.92 Å². The van der Waals surface area contributed by atoms with Crippen LogP contribution in [0.25, 0.3) is 5.65 Å². The van der Waals surface area contributed by atoms with E-state index in [1.807, 2.05) is 30.5 Å². The van der Waals surface area contributed by atoms with E-state index in [1.165, 1.54) is 5.56 Å². The Morgan fingerprint density at radius 3 is 2.65 bits per heavy atom. The molecule has 0 radical (unpaired) electrons. The van der Waals surface area contributed by atoms with Crippen molar-refractivity contribution in [2.24, 2.45) is 0 Å². The maximum absolute atomic E-state index is 5.33. The summed E-state index contributed by atoms with van der Waals surface area (Å²) in [7, 11) is 3.29. The molecule has 5 nitrogen and oxygen atoms in total. The van der Waals surface area contributed by atoms with Crippen molar-refractivity contribution in [3.63, 3.8) is 0 Å². The number of hydrogen-bond donors (Lipinski definition) is 1. The Morgan fingerprint density at radius 1 is 1.09 bits per heavy atom. The number of nitrogens with zero attached hydrogens (tertiary/aromatic N) is 2. The molecule has 23 heavy (non-hydrogen) atoms. The number of fused-ring (bicyclic) bond motifs is 1. The lowest BCUT2D eigenvalue weighted by Gasteiger charge is -2.09. The van der Waals surface area contributed by atoms with E-state index in [4.69, 9.17) is 9.47 Å². The van der Waals surface area contributed by atoms with Crippen molar-refractivity contribution in [2.75, 3.05) is 14.2 Å². The zero-order valence-electron chi connectivity index (χ0n) is 13.7. The number of pyridine rings is 1. The van der Waals surface area contributed by atoms with Gasteiger partial charge in [0.05, 0.1) is 19.9 Å². The van der Waals surface area contributed by atoms with Crippen molar-refractivity contribution in [2.45, 2.75) is 20.0 Å². The lowest BCUT2D eigenvalue weighted by Crippen LogP contribution is -2.13. The van der Waals surface area contributed by atoms with Gasteiger partial charge in [0.25, 0.3) is 0 Å². The fourth-order valence-corrected chi connectivity index (χ4v) is 2.62. The average molecular weight is 311 g/mol. The van der Waals surface area contributed by atoms with Gasteiger partial charge in [-0.1, -0.05) is 12.1 Å². The molecule has 0 saturated heterocycles. The molecule has 5 heteroatoms. The second-order valence-corrected chi connectivity index (χ2v) is 5.45. The minimum atomic E-state index is 0.718. The van der Waals surface area contributed by atoms with Crippen LogP contribution in [-0.4, -0.2) is 23.6 Å². The van der Waals surface area contributed by atoms with E-state index in [0.717, 1.165) is 41.5 Å². The highest BCUT2D eigenvalue weighted by Crippen LogP contribution is 2.27. The highest BCUT2D eigenvalue weighted by Gasteiger charge is 2.06. The van der Waals surface area contributed by atoms with E-state index < -0.39 is 0 Å². The quantitative estimate of drug-likeness (QED) is 0.760. The number of rotatable bonds is 6. The number of imidazole rings is 1. The van der Waals surface area contributed by atoms with E-state index in [-0.39, 0.29) is 0 Å². The Hall–Kier alpha value is -2.53. The summed E-state index contributed by atoms with van der Waals surface area (Å²) in [4.78, 5) is 4.66. The molecule has 0 aliphatic rings. The molecule has 1 N–H and O–H groups in total. The summed E-state index contributed by atoms with van der Waals surface area (Å²) in [6.07, 6.45) is 4.08. The molecule has 0 atom stereocenters. The largest absolute Gasteiger partial charge is 0.493 e. The van der Waals surface area contributed by atoms with Crippen molar-refractivity contribution in [3.05, 3.63) is 59.5 Å². The summed E-state index contributed by atoms with van der Waals surface area (Å²) >= 11 is 0. The molecule has 3 rings (SSSR count). The Morgan fingerprint density at radius 2 is 1.91 bits per heavy atom. The van der Waals surface area contributed by atoms with Gasteiger partial charge in [-0.15, -0.1) is 0 Å². The van der Waals surface area contributed by atoms with Crippen LogP contribution in [0.3, 0.4) is 0 Å². The van der Waals surface area contributed by atoms with Crippen LogP contribution >= 0.6 is 0 Å². The predicted octanol–water partition coefficient (Wildman–Crippen LogP) is 2.95. The van der Waals surface area contributed by atoms with E-state index in [9.17, 15) is 0 Å². The van der Waals surface area contributed by atoms with Crippen LogP contribution in [0.15, 0.2) is 42.7 Å². The third-order valence-corrected chi connectivity index (χ3v) is 3.81. The number of nitrogens with one attached hydrogen (secondary N) is 1. The first-order chi connectivity index (χ1) is 11.2. The number of benzene rings is 1. The standard InChI is InChI=1S/C18H21N3O2/c1-13-5-4-8-21-12-15(20-18(13)21)11-19-10-14-6-7-16(22-2)17(9-14)23-3/h4-9,12,19H,10-11H2,1-3H3. The fraction of sp³-hybridized carbons (Fsp3) is 0.278. The highest BCUT2D eigenvalue weighted by molar-refractivity contribution is 5.48. The summed E-state index contributed by atoms with van der Waals surface area (Å²) in [6, 6.07) is 10.0. The molecule has 2 heterocycles. The summed E-state index contributed by atoms with van der Waals surface area (Å²) in [5, 5.41) is 3.41. The first-order valence-electron chi connectivity index (χ1n) is 7.56. The van der Waals surface area contributed by atoms with Gasteiger partial charge >= 0.3 is 0 Å². The Bertz CT molecular complexity index is 811. The van der Waals surface area contributed by atoms with Gasteiger partial charge in [0.2, 0.25) is 0 Å². The summed E-state index contributed by atoms with van der Waals surface area (Å²) < 4.78 is 12.6. The van der Waals surface area contributed by atoms with Crippen molar-refractivity contribution in [3.8, 4) is 11.5 Å². The molecule has 3 aromatic rings. The molecular formula is C18H21N3O2. The van der Waals surface area contributed by atoms with Gasteiger partial charge in [-0.05, 0) is 36.2 Å². The smallest absolute Gasteiger partial charge is 0.161 e. The number of aromatic nitrogens is 2. The third kappa shape index (κ3) is 3.29. The number of methoxy groups -OCH3 is 2. The third-order valence-electron chi connectivity index (χ3n) is 3.81. The lowest BCUT2D eigenvalue weighted by atomic mass is 10.2. The molecule has 0 aliphatic heterocycles. The molecular weight excluding hydrogens is 290 g/mol. The van der Waals surface area contributed by atoms with Crippen LogP contribution in [0.1, 0.15) is 16.8 Å². The second kappa shape index (κ2) is 6.71. The minimum Gasteiger partial charge on any atom is -0.493 e. The molecule has 0 aliphatic carbocycles. The molecule has 0 saturated carbocycles. The molecule has 1 aromatic carbocycles. The molecule has 0 unspecified atom stereocenters. The van der Waals surface area contributed by atoms with Crippen molar-refractivity contribution >= 4 is 5.65 Å². The van der Waals surface area contributed by atoms with E-state index in [0.29, 0.717) is 0 Å². The lowest BCUT2D eigenvalue weighted by molar-refractivity contribution is 0.354.